The first kappa shape index (κ1) is 7.10. The second-order valence-corrected chi connectivity index (χ2v) is 2.94. The Bertz CT molecular complexity index is 421. The lowest BCUT2D eigenvalue weighted by atomic mass is 10.2. The zero-order chi connectivity index (χ0) is 8.55. The molecule has 0 aliphatic carbocycles. The van der Waals surface area contributed by atoms with Crippen molar-refractivity contribution in [3.8, 4) is 0 Å². The lowest BCUT2D eigenvalue weighted by Crippen LogP contribution is -2.27. The van der Waals surface area contributed by atoms with Crippen molar-refractivity contribution in [2.75, 3.05) is 5.73 Å². The van der Waals surface area contributed by atoms with Crippen LogP contribution in [-0.2, 0) is 7.05 Å². The van der Waals surface area contributed by atoms with Crippen LogP contribution in [0.4, 0.5) is 5.69 Å². The van der Waals surface area contributed by atoms with Gasteiger partial charge >= 0.3 is 0 Å². The van der Waals surface area contributed by atoms with Crippen molar-refractivity contribution < 1.29 is 4.57 Å². The van der Waals surface area contributed by atoms with Gasteiger partial charge in [-0.25, -0.2) is 4.57 Å². The van der Waals surface area contributed by atoms with Gasteiger partial charge in [0.15, 0.2) is 6.20 Å². The van der Waals surface area contributed by atoms with E-state index in [-0.39, 0.29) is 0 Å². The van der Waals surface area contributed by atoms with Crippen LogP contribution in [0.2, 0.25) is 0 Å². The molecule has 12 heavy (non-hydrogen) atoms. The first-order valence-corrected chi connectivity index (χ1v) is 3.91. The number of benzene rings is 1. The maximum atomic E-state index is 5.66. The molecular weight excluding hydrogens is 148 g/mol. The van der Waals surface area contributed by atoms with Crippen LogP contribution < -0.4 is 10.3 Å². The highest BCUT2D eigenvalue weighted by atomic mass is 14.9. The number of nitrogens with zero attached hydrogens (tertiary/aromatic N) is 1. The van der Waals surface area contributed by atoms with E-state index in [9.17, 15) is 0 Å². The number of nitrogen functional groups attached to an aromatic ring is 1. The average Bonchev–Trinajstić information content (AvgIpc) is 2.04. The van der Waals surface area contributed by atoms with E-state index < -0.39 is 0 Å². The van der Waals surface area contributed by atoms with Gasteiger partial charge in [0, 0.05) is 23.2 Å². The second-order valence-electron chi connectivity index (χ2n) is 2.94. The van der Waals surface area contributed by atoms with Crippen molar-refractivity contribution in [3.63, 3.8) is 0 Å². The van der Waals surface area contributed by atoms with Crippen LogP contribution in [0.25, 0.3) is 10.9 Å². The highest BCUT2D eigenvalue weighted by Gasteiger charge is 2.01. The number of hydrogen-bond acceptors (Lipinski definition) is 1. The van der Waals surface area contributed by atoms with Gasteiger partial charge in [0.2, 0.25) is 5.52 Å². The molecular formula is C10H11N2+. The zero-order valence-electron chi connectivity index (χ0n) is 6.99. The Morgan fingerprint density at radius 3 is 2.92 bits per heavy atom. The summed E-state index contributed by atoms with van der Waals surface area (Å²) in [5, 5.41) is 1.18. The summed E-state index contributed by atoms with van der Waals surface area (Å²) in [6.45, 7) is 0. The summed E-state index contributed by atoms with van der Waals surface area (Å²) in [5.41, 5.74) is 7.68. The van der Waals surface area contributed by atoms with Gasteiger partial charge in [0.05, 0.1) is 0 Å². The number of anilines is 1. The Hall–Kier alpha value is -1.57. The minimum atomic E-state index is 0.814. The standard InChI is InChI=1S/C10H11N2/c1-12-6-2-3-8-7-9(11)4-5-10(8)12/h2-7H,11H2,1H3/q+1. The van der Waals surface area contributed by atoms with Crippen molar-refractivity contribution >= 4 is 16.6 Å². The number of aryl methyl sites for hydroxylation is 1. The minimum Gasteiger partial charge on any atom is -0.399 e. The molecule has 0 amide bonds. The summed E-state index contributed by atoms with van der Waals surface area (Å²) in [5.74, 6) is 0. The van der Waals surface area contributed by atoms with Crippen LogP contribution in [0.1, 0.15) is 0 Å². The second kappa shape index (κ2) is 2.48. The maximum Gasteiger partial charge on any atom is 0.212 e. The molecule has 0 unspecified atom stereocenters. The molecule has 60 valence electrons. The van der Waals surface area contributed by atoms with Gasteiger partial charge < -0.3 is 5.73 Å². The van der Waals surface area contributed by atoms with Crippen LogP contribution in [0.3, 0.4) is 0 Å². The van der Waals surface area contributed by atoms with Crippen LogP contribution in [0.5, 0.6) is 0 Å². The van der Waals surface area contributed by atoms with Crippen molar-refractivity contribution in [3.05, 3.63) is 36.5 Å². The molecule has 0 radical (unpaired) electrons. The Morgan fingerprint density at radius 2 is 2.08 bits per heavy atom. The van der Waals surface area contributed by atoms with Gasteiger partial charge in [-0.2, -0.15) is 0 Å². The zero-order valence-corrected chi connectivity index (χ0v) is 6.99. The van der Waals surface area contributed by atoms with Crippen molar-refractivity contribution in [1.82, 2.24) is 0 Å². The molecule has 0 aliphatic heterocycles. The summed E-state index contributed by atoms with van der Waals surface area (Å²) in [4.78, 5) is 0. The Morgan fingerprint density at radius 1 is 1.25 bits per heavy atom. The third-order valence-electron chi connectivity index (χ3n) is 2.02. The molecule has 0 atom stereocenters. The normalized spacial score (nSPS) is 10.4. The fraction of sp³-hybridized carbons (Fsp3) is 0.100. The summed E-state index contributed by atoms with van der Waals surface area (Å²) in [6.07, 6.45) is 2.03. The van der Waals surface area contributed by atoms with E-state index in [4.69, 9.17) is 5.73 Å². The van der Waals surface area contributed by atoms with Crippen molar-refractivity contribution in [2.45, 2.75) is 0 Å². The number of hydrogen-bond donors (Lipinski definition) is 1. The largest absolute Gasteiger partial charge is 0.399 e. The van der Waals surface area contributed by atoms with Gasteiger partial charge in [0.25, 0.3) is 0 Å². The molecule has 0 saturated carbocycles. The number of rotatable bonds is 0. The van der Waals surface area contributed by atoms with Crippen LogP contribution in [-0.4, -0.2) is 0 Å². The summed E-state index contributed by atoms with van der Waals surface area (Å²) >= 11 is 0. The van der Waals surface area contributed by atoms with E-state index in [1.807, 2.05) is 37.5 Å². The van der Waals surface area contributed by atoms with E-state index in [1.165, 1.54) is 10.9 Å². The lowest BCUT2D eigenvalue weighted by molar-refractivity contribution is -0.644. The number of aromatic nitrogens is 1. The van der Waals surface area contributed by atoms with Crippen LogP contribution in [0, 0.1) is 0 Å². The predicted octanol–water partition coefficient (Wildman–Crippen LogP) is 1.25. The molecule has 2 heteroatoms. The molecule has 0 fully saturated rings. The highest BCUT2D eigenvalue weighted by Crippen LogP contribution is 2.12. The predicted molar refractivity (Wildman–Crippen MR) is 49.5 cm³/mol. The van der Waals surface area contributed by atoms with E-state index in [2.05, 4.69) is 10.6 Å². The lowest BCUT2D eigenvalue weighted by Gasteiger charge is -1.96. The quantitative estimate of drug-likeness (QED) is 0.455. The average molecular weight is 159 g/mol. The maximum absolute atomic E-state index is 5.66. The van der Waals surface area contributed by atoms with Gasteiger partial charge in [0.1, 0.15) is 7.05 Å². The summed E-state index contributed by atoms with van der Waals surface area (Å²) < 4.78 is 2.08. The SMILES string of the molecule is C[n+]1cccc2cc(N)ccc21. The molecule has 1 aromatic heterocycles. The minimum absolute atomic E-state index is 0.814. The molecule has 2 nitrogen and oxygen atoms in total. The van der Waals surface area contributed by atoms with Gasteiger partial charge in [-0.1, -0.05) is 0 Å². The molecule has 1 aromatic carbocycles. The number of fused-ring (bicyclic) bond motifs is 1. The molecule has 1 heterocycles. The molecule has 0 aliphatic rings. The van der Waals surface area contributed by atoms with Crippen molar-refractivity contribution in [2.24, 2.45) is 7.05 Å². The topological polar surface area (TPSA) is 29.9 Å². The van der Waals surface area contributed by atoms with Crippen LogP contribution in [0.15, 0.2) is 36.5 Å². The Labute approximate surface area is 71.2 Å². The van der Waals surface area contributed by atoms with Crippen LogP contribution >= 0.6 is 0 Å². The fourth-order valence-corrected chi connectivity index (χ4v) is 1.38. The molecule has 2 N–H and O–H groups in total. The monoisotopic (exact) mass is 159 g/mol. The first-order chi connectivity index (χ1) is 5.77. The Kier molecular flexibility index (Phi) is 1.47. The van der Waals surface area contributed by atoms with E-state index in [1.54, 1.807) is 0 Å². The molecule has 0 spiro atoms. The first-order valence-electron chi connectivity index (χ1n) is 3.91. The molecule has 2 aromatic rings. The third-order valence-corrected chi connectivity index (χ3v) is 2.02. The molecule has 0 saturated heterocycles. The molecule has 2 rings (SSSR count). The highest BCUT2D eigenvalue weighted by molar-refractivity contribution is 5.78. The van der Waals surface area contributed by atoms with E-state index in [0.29, 0.717) is 0 Å². The smallest absolute Gasteiger partial charge is 0.212 e. The van der Waals surface area contributed by atoms with Crippen molar-refractivity contribution in [1.29, 1.82) is 0 Å². The van der Waals surface area contributed by atoms with E-state index in [0.717, 1.165) is 5.69 Å². The summed E-state index contributed by atoms with van der Waals surface area (Å²) in [7, 11) is 2.03. The molecule has 0 bridgehead atoms. The third kappa shape index (κ3) is 1.01. The van der Waals surface area contributed by atoms with Gasteiger partial charge in [-0.15, -0.1) is 0 Å². The number of nitrogens with two attached hydrogens (primary N) is 1. The Balaban J connectivity index is 2.86. The summed E-state index contributed by atoms with van der Waals surface area (Å²) in [6, 6.07) is 10.0. The van der Waals surface area contributed by atoms with Gasteiger partial charge in [-0.3, -0.25) is 0 Å². The fourth-order valence-electron chi connectivity index (χ4n) is 1.38. The van der Waals surface area contributed by atoms with Gasteiger partial charge in [-0.05, 0) is 18.2 Å². The van der Waals surface area contributed by atoms with E-state index >= 15 is 0 Å². The number of pyridine rings is 1.